The zero-order valence-electron chi connectivity index (χ0n) is 11.6. The summed E-state index contributed by atoms with van der Waals surface area (Å²) in [6.07, 6.45) is 3.01. The maximum absolute atomic E-state index is 13.0. The maximum Gasteiger partial charge on any atom is 0.225 e. The van der Waals surface area contributed by atoms with Crippen molar-refractivity contribution in [3.8, 4) is 22.7 Å². The molecule has 0 aliphatic carbocycles. The van der Waals surface area contributed by atoms with Crippen molar-refractivity contribution < 1.29 is 8.81 Å². The summed E-state index contributed by atoms with van der Waals surface area (Å²) in [6.45, 7) is 0. The fraction of sp³-hybridized carbons (Fsp3) is 0.133. The first-order valence-electron chi connectivity index (χ1n) is 6.35. The summed E-state index contributed by atoms with van der Waals surface area (Å²) in [5.41, 5.74) is 2.02. The molecule has 0 fully saturated rings. The van der Waals surface area contributed by atoms with Crippen molar-refractivity contribution in [2.24, 2.45) is 0 Å². The van der Waals surface area contributed by atoms with E-state index in [4.69, 9.17) is 4.42 Å². The molecule has 2 aromatic heterocycles. The standard InChI is InChI=1S/C15H13FN4O/c1-20(2)15-17-8-7-12(19-15)14-13(18-9-21-14)10-3-5-11(16)6-4-10/h3-9H,1-2H3. The smallest absolute Gasteiger partial charge is 0.225 e. The van der Waals surface area contributed by atoms with Crippen molar-refractivity contribution in [2.45, 2.75) is 0 Å². The van der Waals surface area contributed by atoms with E-state index in [9.17, 15) is 4.39 Å². The Kier molecular flexibility index (Phi) is 3.35. The maximum atomic E-state index is 13.0. The number of oxazole rings is 1. The number of hydrogen-bond donors (Lipinski definition) is 0. The summed E-state index contributed by atoms with van der Waals surface area (Å²) in [4.78, 5) is 14.6. The van der Waals surface area contributed by atoms with Gasteiger partial charge < -0.3 is 9.32 Å². The lowest BCUT2D eigenvalue weighted by Crippen LogP contribution is -2.12. The molecule has 0 unspecified atom stereocenters. The van der Waals surface area contributed by atoms with Crippen LogP contribution >= 0.6 is 0 Å². The van der Waals surface area contributed by atoms with Gasteiger partial charge in [-0.1, -0.05) is 0 Å². The van der Waals surface area contributed by atoms with E-state index in [1.807, 2.05) is 14.1 Å². The molecule has 3 rings (SSSR count). The monoisotopic (exact) mass is 284 g/mol. The number of anilines is 1. The highest BCUT2D eigenvalue weighted by Crippen LogP contribution is 2.30. The van der Waals surface area contributed by atoms with E-state index in [0.29, 0.717) is 23.1 Å². The van der Waals surface area contributed by atoms with Crippen molar-refractivity contribution in [2.75, 3.05) is 19.0 Å². The third-order valence-electron chi connectivity index (χ3n) is 2.96. The normalized spacial score (nSPS) is 10.6. The van der Waals surface area contributed by atoms with Gasteiger partial charge in [-0.05, 0) is 30.3 Å². The first-order chi connectivity index (χ1) is 10.1. The molecule has 106 valence electrons. The van der Waals surface area contributed by atoms with Gasteiger partial charge in [-0.15, -0.1) is 0 Å². The number of rotatable bonds is 3. The molecule has 0 saturated carbocycles. The molecule has 1 aromatic carbocycles. The second kappa shape index (κ2) is 5.32. The number of hydrogen-bond acceptors (Lipinski definition) is 5. The first kappa shape index (κ1) is 13.2. The minimum atomic E-state index is -0.291. The summed E-state index contributed by atoms with van der Waals surface area (Å²) >= 11 is 0. The Morgan fingerprint density at radius 3 is 2.52 bits per heavy atom. The molecule has 0 aliphatic heterocycles. The molecule has 0 amide bonds. The van der Waals surface area contributed by atoms with Crippen molar-refractivity contribution >= 4 is 5.95 Å². The molecular formula is C15H13FN4O. The van der Waals surface area contributed by atoms with E-state index >= 15 is 0 Å². The average molecular weight is 284 g/mol. The SMILES string of the molecule is CN(C)c1nccc(-c2ocnc2-c2ccc(F)cc2)n1. The third kappa shape index (κ3) is 2.60. The highest BCUT2D eigenvalue weighted by molar-refractivity contribution is 5.74. The Morgan fingerprint density at radius 2 is 1.81 bits per heavy atom. The summed E-state index contributed by atoms with van der Waals surface area (Å²) in [7, 11) is 3.72. The molecule has 3 aromatic rings. The second-order valence-corrected chi connectivity index (χ2v) is 4.67. The zero-order valence-corrected chi connectivity index (χ0v) is 11.6. The lowest BCUT2D eigenvalue weighted by Gasteiger charge is -2.10. The topological polar surface area (TPSA) is 55.1 Å². The van der Waals surface area contributed by atoms with Crippen LogP contribution in [0.25, 0.3) is 22.7 Å². The third-order valence-corrected chi connectivity index (χ3v) is 2.96. The molecule has 0 saturated heterocycles. The minimum Gasteiger partial charge on any atom is -0.441 e. The zero-order chi connectivity index (χ0) is 14.8. The van der Waals surface area contributed by atoms with E-state index < -0.39 is 0 Å². The molecule has 0 radical (unpaired) electrons. The van der Waals surface area contributed by atoms with Crippen LogP contribution in [-0.4, -0.2) is 29.0 Å². The van der Waals surface area contributed by atoms with Crippen molar-refractivity contribution in [1.29, 1.82) is 0 Å². The second-order valence-electron chi connectivity index (χ2n) is 4.67. The van der Waals surface area contributed by atoms with Gasteiger partial charge in [0.2, 0.25) is 5.95 Å². The van der Waals surface area contributed by atoms with Crippen molar-refractivity contribution in [3.63, 3.8) is 0 Å². The van der Waals surface area contributed by atoms with Crippen molar-refractivity contribution in [1.82, 2.24) is 15.0 Å². The van der Waals surface area contributed by atoms with Gasteiger partial charge in [0, 0.05) is 25.9 Å². The summed E-state index contributed by atoms with van der Waals surface area (Å²) in [5, 5.41) is 0. The van der Waals surface area contributed by atoms with Gasteiger partial charge in [0.25, 0.3) is 0 Å². The molecular weight excluding hydrogens is 271 g/mol. The molecule has 21 heavy (non-hydrogen) atoms. The van der Waals surface area contributed by atoms with Gasteiger partial charge in [-0.2, -0.15) is 0 Å². The van der Waals surface area contributed by atoms with Crippen LogP contribution in [0.4, 0.5) is 10.3 Å². The van der Waals surface area contributed by atoms with Gasteiger partial charge >= 0.3 is 0 Å². The quantitative estimate of drug-likeness (QED) is 0.740. The van der Waals surface area contributed by atoms with E-state index in [0.717, 1.165) is 5.56 Å². The van der Waals surface area contributed by atoms with Crippen LogP contribution in [0.15, 0.2) is 47.3 Å². The molecule has 0 bridgehead atoms. The highest BCUT2D eigenvalue weighted by Gasteiger charge is 2.15. The predicted octanol–water partition coefficient (Wildman–Crippen LogP) is 3.00. The summed E-state index contributed by atoms with van der Waals surface area (Å²) in [5.74, 6) is 0.821. The van der Waals surface area contributed by atoms with E-state index in [2.05, 4.69) is 15.0 Å². The molecule has 6 heteroatoms. The van der Waals surface area contributed by atoms with Crippen LogP contribution in [-0.2, 0) is 0 Å². The van der Waals surface area contributed by atoms with E-state index in [1.165, 1.54) is 18.5 Å². The van der Waals surface area contributed by atoms with Gasteiger partial charge in [-0.25, -0.2) is 19.3 Å². The largest absolute Gasteiger partial charge is 0.441 e. The van der Waals surface area contributed by atoms with Crippen LogP contribution in [0.1, 0.15) is 0 Å². The van der Waals surface area contributed by atoms with Crippen LogP contribution in [0.3, 0.4) is 0 Å². The summed E-state index contributed by atoms with van der Waals surface area (Å²) in [6, 6.07) is 7.84. The van der Waals surface area contributed by atoms with E-state index in [-0.39, 0.29) is 5.82 Å². The van der Waals surface area contributed by atoms with Gasteiger partial charge in [0.15, 0.2) is 12.2 Å². The predicted molar refractivity (Wildman–Crippen MR) is 77.3 cm³/mol. The fourth-order valence-electron chi connectivity index (χ4n) is 1.93. The Bertz CT molecular complexity index is 752. The Balaban J connectivity index is 2.06. The van der Waals surface area contributed by atoms with Crippen LogP contribution in [0, 0.1) is 5.82 Å². The Morgan fingerprint density at radius 1 is 1.05 bits per heavy atom. The Labute approximate surface area is 121 Å². The van der Waals surface area contributed by atoms with Gasteiger partial charge in [-0.3, -0.25) is 0 Å². The van der Waals surface area contributed by atoms with Gasteiger partial charge in [0.05, 0.1) is 0 Å². The molecule has 2 heterocycles. The Hall–Kier alpha value is -2.76. The highest BCUT2D eigenvalue weighted by atomic mass is 19.1. The molecule has 0 atom stereocenters. The van der Waals surface area contributed by atoms with Crippen LogP contribution in [0.2, 0.25) is 0 Å². The number of benzene rings is 1. The lowest BCUT2D eigenvalue weighted by molar-refractivity contribution is 0.570. The van der Waals surface area contributed by atoms with Crippen molar-refractivity contribution in [3.05, 3.63) is 48.7 Å². The van der Waals surface area contributed by atoms with Crippen LogP contribution < -0.4 is 4.90 Å². The molecule has 5 nitrogen and oxygen atoms in total. The molecule has 0 N–H and O–H groups in total. The number of nitrogens with zero attached hydrogens (tertiary/aromatic N) is 4. The van der Waals surface area contributed by atoms with Crippen LogP contribution in [0.5, 0.6) is 0 Å². The van der Waals surface area contributed by atoms with E-state index in [1.54, 1.807) is 29.3 Å². The lowest BCUT2D eigenvalue weighted by atomic mass is 10.1. The summed E-state index contributed by atoms with van der Waals surface area (Å²) < 4.78 is 18.5. The molecule has 0 aliphatic rings. The first-order valence-corrected chi connectivity index (χ1v) is 6.35. The number of halogens is 1. The molecule has 0 spiro atoms. The van der Waals surface area contributed by atoms with Gasteiger partial charge in [0.1, 0.15) is 17.2 Å². The fourth-order valence-corrected chi connectivity index (χ4v) is 1.93. The minimum absolute atomic E-state index is 0.291. The average Bonchev–Trinajstić information content (AvgIpc) is 2.97. The number of aromatic nitrogens is 3.